The van der Waals surface area contributed by atoms with Gasteiger partial charge in [0.25, 0.3) is 15.9 Å². The fourth-order valence-corrected chi connectivity index (χ4v) is 4.58. The molecule has 3 aromatic carbocycles. The van der Waals surface area contributed by atoms with E-state index in [9.17, 15) is 13.2 Å². The van der Waals surface area contributed by atoms with Gasteiger partial charge in [-0.25, -0.2) is 8.42 Å². The van der Waals surface area contributed by atoms with Crippen molar-refractivity contribution in [3.05, 3.63) is 82.9 Å². The van der Waals surface area contributed by atoms with E-state index in [2.05, 4.69) is 5.32 Å². The molecular weight excluding hydrogens is 464 g/mol. The number of methoxy groups -OCH3 is 2. The topological polar surface area (TPSA) is 84.9 Å². The maximum Gasteiger partial charge on any atom is 0.264 e. The summed E-state index contributed by atoms with van der Waals surface area (Å²) in [7, 11) is 0.824. The average Bonchev–Trinajstić information content (AvgIpc) is 2.83. The molecular formula is C24H25ClN2O5S. The number of amides is 1. The standard InChI is InChI=1S/C24H25ClN2O5S/c1-16(22-15-20(31-3)11-14-23(22)32-4)26-24(28)17-5-9-19(10-6-17)27(2)33(29,30)21-12-7-18(25)8-13-21/h5-16H,1-4H3,(H,26,28)/t16-/m1/s1. The molecule has 3 rings (SSSR count). The van der Waals surface area contributed by atoms with Crippen LogP contribution in [-0.4, -0.2) is 35.6 Å². The van der Waals surface area contributed by atoms with Crippen molar-refractivity contribution in [1.82, 2.24) is 5.32 Å². The molecule has 1 atom stereocenters. The minimum atomic E-state index is -3.76. The van der Waals surface area contributed by atoms with Crippen LogP contribution in [0.25, 0.3) is 0 Å². The molecule has 9 heteroatoms. The number of anilines is 1. The molecule has 0 bridgehead atoms. The molecule has 1 amide bonds. The predicted octanol–water partition coefficient (Wildman–Crippen LogP) is 4.67. The molecule has 0 saturated carbocycles. The van der Waals surface area contributed by atoms with Crippen LogP contribution in [0.15, 0.2) is 71.6 Å². The Morgan fingerprint density at radius 2 is 1.61 bits per heavy atom. The quantitative estimate of drug-likeness (QED) is 0.498. The van der Waals surface area contributed by atoms with Crippen LogP contribution < -0.4 is 19.1 Å². The summed E-state index contributed by atoms with van der Waals surface area (Å²) in [5.74, 6) is 0.983. The van der Waals surface area contributed by atoms with E-state index in [0.717, 1.165) is 9.87 Å². The van der Waals surface area contributed by atoms with E-state index in [4.69, 9.17) is 21.1 Å². The minimum Gasteiger partial charge on any atom is -0.497 e. The number of benzene rings is 3. The highest BCUT2D eigenvalue weighted by Crippen LogP contribution is 2.29. The van der Waals surface area contributed by atoms with Gasteiger partial charge < -0.3 is 14.8 Å². The van der Waals surface area contributed by atoms with Gasteiger partial charge >= 0.3 is 0 Å². The summed E-state index contributed by atoms with van der Waals surface area (Å²) >= 11 is 5.85. The van der Waals surface area contributed by atoms with E-state index in [1.807, 2.05) is 13.0 Å². The van der Waals surface area contributed by atoms with Gasteiger partial charge in [0.15, 0.2) is 0 Å². The summed E-state index contributed by atoms with van der Waals surface area (Å²) in [6.07, 6.45) is 0. The second kappa shape index (κ2) is 10.1. The number of rotatable bonds is 8. The number of carbonyl (C=O) groups excluding carboxylic acids is 1. The van der Waals surface area contributed by atoms with Gasteiger partial charge in [-0.3, -0.25) is 9.10 Å². The van der Waals surface area contributed by atoms with Crippen LogP contribution in [0.5, 0.6) is 11.5 Å². The number of nitrogens with zero attached hydrogens (tertiary/aromatic N) is 1. The Morgan fingerprint density at radius 3 is 2.18 bits per heavy atom. The molecule has 3 aromatic rings. The van der Waals surface area contributed by atoms with Gasteiger partial charge in [-0.1, -0.05) is 11.6 Å². The summed E-state index contributed by atoms with van der Waals surface area (Å²) < 4.78 is 37.5. The van der Waals surface area contributed by atoms with Crippen molar-refractivity contribution in [2.24, 2.45) is 0 Å². The zero-order chi connectivity index (χ0) is 24.2. The molecule has 0 aliphatic rings. The van der Waals surface area contributed by atoms with Crippen LogP contribution in [0, 0.1) is 0 Å². The van der Waals surface area contributed by atoms with E-state index in [1.54, 1.807) is 50.6 Å². The maximum atomic E-state index is 12.9. The summed E-state index contributed by atoms with van der Waals surface area (Å²) in [5, 5.41) is 3.38. The molecule has 174 valence electrons. The highest BCUT2D eigenvalue weighted by Gasteiger charge is 2.22. The third-order valence-electron chi connectivity index (χ3n) is 5.22. The Balaban J connectivity index is 1.76. The Morgan fingerprint density at radius 1 is 0.970 bits per heavy atom. The number of halogens is 1. The third kappa shape index (κ3) is 5.40. The number of sulfonamides is 1. The second-order valence-corrected chi connectivity index (χ2v) is 9.68. The number of hydrogen-bond acceptors (Lipinski definition) is 5. The summed E-state index contributed by atoms with van der Waals surface area (Å²) in [5.41, 5.74) is 1.59. The molecule has 33 heavy (non-hydrogen) atoms. The summed E-state index contributed by atoms with van der Waals surface area (Å²) in [4.78, 5) is 12.9. The monoisotopic (exact) mass is 488 g/mol. The largest absolute Gasteiger partial charge is 0.497 e. The smallest absolute Gasteiger partial charge is 0.264 e. The molecule has 1 N–H and O–H groups in total. The Labute approximate surface area is 198 Å². The Hall–Kier alpha value is -3.23. The average molecular weight is 489 g/mol. The first-order valence-corrected chi connectivity index (χ1v) is 11.9. The molecule has 0 heterocycles. The van der Waals surface area contributed by atoms with E-state index < -0.39 is 10.0 Å². The van der Waals surface area contributed by atoms with Gasteiger partial charge in [0, 0.05) is 23.2 Å². The first-order chi connectivity index (χ1) is 15.7. The summed E-state index contributed by atoms with van der Waals surface area (Å²) in [6.45, 7) is 1.84. The van der Waals surface area contributed by atoms with E-state index in [-0.39, 0.29) is 16.8 Å². The van der Waals surface area contributed by atoms with Crippen molar-refractivity contribution in [3.63, 3.8) is 0 Å². The van der Waals surface area contributed by atoms with Crippen molar-refractivity contribution in [3.8, 4) is 11.5 Å². The molecule has 0 radical (unpaired) electrons. The molecule has 0 spiro atoms. The van der Waals surface area contributed by atoms with Crippen LogP contribution >= 0.6 is 11.6 Å². The molecule has 0 aliphatic heterocycles. The van der Waals surface area contributed by atoms with E-state index in [1.165, 1.54) is 31.3 Å². The summed E-state index contributed by atoms with van der Waals surface area (Å²) in [6, 6.07) is 17.3. The lowest BCUT2D eigenvalue weighted by Crippen LogP contribution is -2.28. The highest BCUT2D eigenvalue weighted by molar-refractivity contribution is 7.92. The number of ether oxygens (including phenoxy) is 2. The van der Waals surface area contributed by atoms with Crippen LogP contribution in [-0.2, 0) is 10.0 Å². The van der Waals surface area contributed by atoms with Gasteiger partial charge in [0.1, 0.15) is 11.5 Å². The molecule has 0 aromatic heterocycles. The van der Waals surface area contributed by atoms with Gasteiger partial charge in [0.05, 0.1) is 30.8 Å². The normalized spacial score (nSPS) is 12.0. The zero-order valence-corrected chi connectivity index (χ0v) is 20.3. The van der Waals surface area contributed by atoms with Crippen molar-refractivity contribution in [1.29, 1.82) is 0 Å². The van der Waals surface area contributed by atoms with Crippen molar-refractivity contribution >= 4 is 33.2 Å². The van der Waals surface area contributed by atoms with Gasteiger partial charge in [-0.15, -0.1) is 0 Å². The van der Waals surface area contributed by atoms with Gasteiger partial charge in [-0.05, 0) is 73.7 Å². The molecule has 0 unspecified atom stereocenters. The van der Waals surface area contributed by atoms with Crippen molar-refractivity contribution in [2.75, 3.05) is 25.6 Å². The van der Waals surface area contributed by atoms with Crippen LogP contribution in [0.1, 0.15) is 28.9 Å². The lowest BCUT2D eigenvalue weighted by molar-refractivity contribution is 0.0939. The number of carbonyl (C=O) groups is 1. The van der Waals surface area contributed by atoms with Crippen LogP contribution in [0.4, 0.5) is 5.69 Å². The molecule has 7 nitrogen and oxygen atoms in total. The lowest BCUT2D eigenvalue weighted by Gasteiger charge is -2.20. The Kier molecular flexibility index (Phi) is 7.50. The third-order valence-corrected chi connectivity index (χ3v) is 7.27. The maximum absolute atomic E-state index is 12.9. The second-order valence-electron chi connectivity index (χ2n) is 7.28. The molecule has 0 aliphatic carbocycles. The first kappa shape index (κ1) is 24.4. The van der Waals surface area contributed by atoms with Crippen molar-refractivity contribution in [2.45, 2.75) is 17.9 Å². The van der Waals surface area contributed by atoms with Crippen LogP contribution in [0.3, 0.4) is 0 Å². The van der Waals surface area contributed by atoms with E-state index in [0.29, 0.717) is 27.8 Å². The lowest BCUT2D eigenvalue weighted by atomic mass is 10.1. The SMILES string of the molecule is COc1ccc(OC)c([C@@H](C)NC(=O)c2ccc(N(C)S(=O)(=O)c3ccc(Cl)cc3)cc2)c1. The fraction of sp³-hybridized carbons (Fsp3) is 0.208. The van der Waals surface area contributed by atoms with Gasteiger partial charge in [0.2, 0.25) is 0 Å². The molecule has 0 saturated heterocycles. The number of nitrogens with one attached hydrogen (secondary N) is 1. The van der Waals surface area contributed by atoms with E-state index >= 15 is 0 Å². The van der Waals surface area contributed by atoms with Gasteiger partial charge in [-0.2, -0.15) is 0 Å². The first-order valence-electron chi connectivity index (χ1n) is 10.0. The highest BCUT2D eigenvalue weighted by atomic mass is 35.5. The van der Waals surface area contributed by atoms with Crippen molar-refractivity contribution < 1.29 is 22.7 Å². The fourth-order valence-electron chi connectivity index (χ4n) is 3.26. The Bertz CT molecular complexity index is 1230. The molecule has 0 fully saturated rings. The number of hydrogen-bond donors (Lipinski definition) is 1. The van der Waals surface area contributed by atoms with Crippen LogP contribution in [0.2, 0.25) is 5.02 Å². The predicted molar refractivity (Wildman–Crippen MR) is 129 cm³/mol. The zero-order valence-electron chi connectivity index (χ0n) is 18.7. The minimum absolute atomic E-state index is 0.122.